The van der Waals surface area contributed by atoms with E-state index in [9.17, 15) is 9.59 Å². The summed E-state index contributed by atoms with van der Waals surface area (Å²) >= 11 is 0. The number of benzene rings is 1. The quantitative estimate of drug-likeness (QED) is 0.576. The van der Waals surface area contributed by atoms with Gasteiger partial charge in [0, 0.05) is 19.7 Å². The minimum absolute atomic E-state index is 0.0736. The highest BCUT2D eigenvalue weighted by molar-refractivity contribution is 6.01. The minimum Gasteiger partial charge on any atom is -0.465 e. The highest BCUT2D eigenvalue weighted by atomic mass is 16.5. The first-order valence-corrected chi connectivity index (χ1v) is 4.88. The van der Waals surface area contributed by atoms with E-state index in [-0.39, 0.29) is 5.78 Å². The summed E-state index contributed by atoms with van der Waals surface area (Å²) in [7, 11) is 4.98. The molecular formula is C12H15NO3. The lowest BCUT2D eigenvalue weighted by Gasteiger charge is -2.16. The number of Topliss-reactive ketones (excluding diaryl/α,β-unsaturated/α-hetero) is 1. The van der Waals surface area contributed by atoms with Gasteiger partial charge in [-0.05, 0) is 25.1 Å². The first-order chi connectivity index (χ1) is 7.47. The largest absolute Gasteiger partial charge is 0.465 e. The molecule has 0 saturated carbocycles. The molecule has 16 heavy (non-hydrogen) atoms. The van der Waals surface area contributed by atoms with Crippen molar-refractivity contribution in [3.05, 3.63) is 29.3 Å². The number of nitrogens with zero attached hydrogens (tertiary/aromatic N) is 1. The van der Waals surface area contributed by atoms with Crippen LogP contribution in [0.25, 0.3) is 0 Å². The predicted molar refractivity (Wildman–Crippen MR) is 62.1 cm³/mol. The van der Waals surface area contributed by atoms with E-state index in [4.69, 9.17) is 0 Å². The van der Waals surface area contributed by atoms with E-state index in [2.05, 4.69) is 4.74 Å². The second-order valence-corrected chi connectivity index (χ2v) is 3.67. The smallest absolute Gasteiger partial charge is 0.339 e. The lowest BCUT2D eigenvalue weighted by Crippen LogP contribution is -2.15. The van der Waals surface area contributed by atoms with Crippen molar-refractivity contribution >= 4 is 17.4 Å². The Bertz CT molecular complexity index is 424. The lowest BCUT2D eigenvalue weighted by atomic mass is 10.1. The number of ether oxygens (including phenoxy) is 1. The van der Waals surface area contributed by atoms with Gasteiger partial charge < -0.3 is 9.64 Å². The predicted octanol–water partition coefficient (Wildman–Crippen LogP) is 1.74. The van der Waals surface area contributed by atoms with Crippen LogP contribution in [0.4, 0.5) is 5.69 Å². The number of ketones is 1. The van der Waals surface area contributed by atoms with Crippen LogP contribution >= 0.6 is 0 Å². The Morgan fingerprint density at radius 3 is 2.31 bits per heavy atom. The first-order valence-electron chi connectivity index (χ1n) is 4.88. The van der Waals surface area contributed by atoms with Crippen LogP contribution in [0, 0.1) is 0 Å². The van der Waals surface area contributed by atoms with Crippen molar-refractivity contribution in [2.45, 2.75) is 6.92 Å². The third-order valence-electron chi connectivity index (χ3n) is 2.29. The fraction of sp³-hybridized carbons (Fsp3) is 0.333. The van der Waals surface area contributed by atoms with Gasteiger partial charge in [-0.15, -0.1) is 0 Å². The van der Waals surface area contributed by atoms with Gasteiger partial charge >= 0.3 is 5.97 Å². The van der Waals surface area contributed by atoms with E-state index in [0.717, 1.165) is 5.69 Å². The van der Waals surface area contributed by atoms with E-state index < -0.39 is 5.97 Å². The molecule has 0 fully saturated rings. The van der Waals surface area contributed by atoms with Gasteiger partial charge in [0.15, 0.2) is 5.78 Å². The van der Waals surface area contributed by atoms with E-state index in [0.29, 0.717) is 11.1 Å². The highest BCUT2D eigenvalue weighted by Gasteiger charge is 2.15. The molecule has 0 atom stereocenters. The van der Waals surface area contributed by atoms with E-state index >= 15 is 0 Å². The fourth-order valence-electron chi connectivity index (χ4n) is 1.42. The molecule has 1 rings (SSSR count). The number of hydrogen-bond donors (Lipinski definition) is 0. The second kappa shape index (κ2) is 4.79. The van der Waals surface area contributed by atoms with Gasteiger partial charge in [-0.1, -0.05) is 0 Å². The Hall–Kier alpha value is -1.84. The van der Waals surface area contributed by atoms with Crippen molar-refractivity contribution in [2.75, 3.05) is 26.1 Å². The van der Waals surface area contributed by atoms with Crippen LogP contribution in [0.2, 0.25) is 0 Å². The number of carbonyl (C=O) groups is 2. The zero-order chi connectivity index (χ0) is 12.3. The molecule has 0 aliphatic rings. The third kappa shape index (κ3) is 2.39. The van der Waals surface area contributed by atoms with Crippen molar-refractivity contribution in [3.63, 3.8) is 0 Å². The summed E-state index contributed by atoms with van der Waals surface area (Å²) in [5.41, 5.74) is 1.64. The first kappa shape index (κ1) is 12.2. The van der Waals surface area contributed by atoms with Crippen molar-refractivity contribution in [2.24, 2.45) is 0 Å². The molecule has 4 heteroatoms. The summed E-state index contributed by atoms with van der Waals surface area (Å²) in [6.07, 6.45) is 0. The Balaban J connectivity index is 3.32. The summed E-state index contributed by atoms with van der Waals surface area (Å²) in [5.74, 6) is -0.512. The van der Waals surface area contributed by atoms with Crippen molar-refractivity contribution in [1.29, 1.82) is 0 Å². The Morgan fingerprint density at radius 2 is 1.88 bits per heavy atom. The van der Waals surface area contributed by atoms with Gasteiger partial charge in [0.05, 0.1) is 18.4 Å². The molecule has 0 aliphatic carbocycles. The van der Waals surface area contributed by atoms with Crippen LogP contribution < -0.4 is 4.90 Å². The summed E-state index contributed by atoms with van der Waals surface area (Å²) < 4.78 is 4.68. The minimum atomic E-state index is -0.438. The lowest BCUT2D eigenvalue weighted by molar-refractivity contribution is 0.0601. The molecule has 0 saturated heterocycles. The Labute approximate surface area is 94.8 Å². The maximum Gasteiger partial charge on any atom is 0.339 e. The molecule has 0 bridgehead atoms. The zero-order valence-corrected chi connectivity index (χ0v) is 9.90. The molecule has 0 heterocycles. The molecule has 86 valence electrons. The number of anilines is 1. The molecule has 0 radical (unpaired) electrons. The number of rotatable bonds is 3. The fourth-order valence-corrected chi connectivity index (χ4v) is 1.42. The maximum atomic E-state index is 11.6. The van der Waals surface area contributed by atoms with E-state index in [1.807, 2.05) is 14.1 Å². The summed E-state index contributed by atoms with van der Waals surface area (Å²) in [6, 6.07) is 5.00. The van der Waals surface area contributed by atoms with Gasteiger partial charge in [0.1, 0.15) is 0 Å². The molecule has 1 aromatic carbocycles. The standard InChI is InChI=1S/C12H15NO3/c1-8(14)9-5-6-11(13(2)3)10(7-9)12(15)16-4/h5-7H,1-4H3. The van der Waals surface area contributed by atoms with E-state index in [1.54, 1.807) is 23.1 Å². The van der Waals surface area contributed by atoms with Gasteiger partial charge in [0.2, 0.25) is 0 Å². The third-order valence-corrected chi connectivity index (χ3v) is 2.29. The van der Waals surface area contributed by atoms with Gasteiger partial charge in [0.25, 0.3) is 0 Å². The normalized spacial score (nSPS) is 9.75. The number of hydrogen-bond acceptors (Lipinski definition) is 4. The Kier molecular flexibility index (Phi) is 3.66. The molecule has 0 aliphatic heterocycles. The monoisotopic (exact) mass is 221 g/mol. The van der Waals surface area contributed by atoms with Crippen LogP contribution in [-0.4, -0.2) is 33.0 Å². The van der Waals surface area contributed by atoms with Crippen LogP contribution in [0.3, 0.4) is 0 Å². The number of esters is 1. The van der Waals surface area contributed by atoms with Crippen molar-refractivity contribution < 1.29 is 14.3 Å². The van der Waals surface area contributed by atoms with Crippen LogP contribution in [0.15, 0.2) is 18.2 Å². The van der Waals surface area contributed by atoms with E-state index in [1.165, 1.54) is 14.0 Å². The molecule has 0 unspecified atom stereocenters. The number of carbonyl (C=O) groups excluding carboxylic acids is 2. The van der Waals surface area contributed by atoms with Crippen molar-refractivity contribution in [3.8, 4) is 0 Å². The summed E-state index contributed by atoms with van der Waals surface area (Å²) in [4.78, 5) is 24.6. The van der Waals surface area contributed by atoms with Crippen molar-refractivity contribution in [1.82, 2.24) is 0 Å². The van der Waals surface area contributed by atoms with Crippen LogP contribution in [0.5, 0.6) is 0 Å². The molecule has 0 amide bonds. The SMILES string of the molecule is COC(=O)c1cc(C(C)=O)ccc1N(C)C. The molecular weight excluding hydrogens is 206 g/mol. The van der Waals surface area contributed by atoms with Crippen LogP contribution in [-0.2, 0) is 4.74 Å². The van der Waals surface area contributed by atoms with Gasteiger partial charge in [-0.2, -0.15) is 0 Å². The number of methoxy groups -OCH3 is 1. The van der Waals surface area contributed by atoms with Gasteiger partial charge in [-0.25, -0.2) is 4.79 Å². The van der Waals surface area contributed by atoms with Crippen LogP contribution in [0.1, 0.15) is 27.6 Å². The summed E-state index contributed by atoms with van der Waals surface area (Å²) in [6.45, 7) is 1.46. The summed E-state index contributed by atoms with van der Waals surface area (Å²) in [5, 5.41) is 0. The highest BCUT2D eigenvalue weighted by Crippen LogP contribution is 2.21. The Morgan fingerprint density at radius 1 is 1.25 bits per heavy atom. The topological polar surface area (TPSA) is 46.6 Å². The average Bonchev–Trinajstić information content (AvgIpc) is 2.26. The molecule has 4 nitrogen and oxygen atoms in total. The average molecular weight is 221 g/mol. The zero-order valence-electron chi connectivity index (χ0n) is 9.90. The molecule has 0 N–H and O–H groups in total. The molecule has 0 spiro atoms. The maximum absolute atomic E-state index is 11.6. The van der Waals surface area contributed by atoms with Gasteiger partial charge in [-0.3, -0.25) is 4.79 Å². The molecule has 0 aromatic heterocycles. The second-order valence-electron chi connectivity index (χ2n) is 3.67. The molecule has 1 aromatic rings.